The fourth-order valence-corrected chi connectivity index (χ4v) is 4.93. The van der Waals surface area contributed by atoms with Gasteiger partial charge in [0.05, 0.1) is 24.2 Å². The minimum Gasteiger partial charge on any atom is -0.444 e. The Morgan fingerprint density at radius 1 is 0.711 bits per heavy atom. The molecule has 2 saturated carbocycles. The molecule has 2 aliphatic carbocycles. The van der Waals surface area contributed by atoms with E-state index in [0.29, 0.717) is 0 Å². The van der Waals surface area contributed by atoms with E-state index in [1.54, 1.807) is 0 Å². The Bertz CT molecular complexity index is 914. The van der Waals surface area contributed by atoms with Crippen LogP contribution in [0.2, 0.25) is 0 Å². The molecule has 2 amide bonds. The Morgan fingerprint density at radius 3 is 1.45 bits per heavy atom. The fraction of sp³-hybridized carbons (Fsp3) is 0.667. The molecule has 0 unspecified atom stereocenters. The van der Waals surface area contributed by atoms with Gasteiger partial charge in [0.2, 0.25) is 0 Å². The van der Waals surface area contributed by atoms with Crippen molar-refractivity contribution < 1.29 is 19.1 Å². The molecule has 0 bridgehead atoms. The predicted octanol–water partition coefficient (Wildman–Crippen LogP) is 6.20. The topological polar surface area (TPSA) is 101 Å². The number of hydrogen-bond donors (Lipinski definition) is 2. The van der Waals surface area contributed by atoms with Crippen molar-refractivity contribution in [3.05, 3.63) is 35.4 Å². The SMILES string of the molecule is CC(C)(C)OC(=O)N[C@@H]1CCCC[C@H]1N=Cc1ccccc1C=N[C@@H]1CCCC[C@H]1NC(=O)OC(C)(C)C. The average molecular weight is 527 g/mol. The van der Waals surface area contributed by atoms with E-state index in [2.05, 4.69) is 10.6 Å². The highest BCUT2D eigenvalue weighted by Crippen LogP contribution is 2.24. The first-order valence-electron chi connectivity index (χ1n) is 14.0. The molecule has 0 aliphatic heterocycles. The number of amides is 2. The van der Waals surface area contributed by atoms with Crippen LogP contribution in [0.1, 0.15) is 104 Å². The second kappa shape index (κ2) is 13.3. The van der Waals surface area contributed by atoms with Crippen LogP contribution in [0, 0.1) is 0 Å². The molecule has 8 nitrogen and oxygen atoms in total. The molecule has 0 spiro atoms. The van der Waals surface area contributed by atoms with Crippen LogP contribution >= 0.6 is 0 Å². The molecule has 2 fully saturated rings. The molecule has 0 saturated heterocycles. The van der Waals surface area contributed by atoms with Crippen LogP contribution < -0.4 is 10.6 Å². The highest BCUT2D eigenvalue weighted by atomic mass is 16.6. The van der Waals surface area contributed by atoms with E-state index < -0.39 is 11.2 Å². The van der Waals surface area contributed by atoms with Crippen LogP contribution in [0.5, 0.6) is 0 Å². The lowest BCUT2D eigenvalue weighted by Gasteiger charge is -2.30. The van der Waals surface area contributed by atoms with Gasteiger partial charge in [-0.3, -0.25) is 9.98 Å². The summed E-state index contributed by atoms with van der Waals surface area (Å²) in [4.78, 5) is 34.5. The maximum absolute atomic E-state index is 12.4. The normalized spacial score (nSPS) is 24.8. The van der Waals surface area contributed by atoms with Gasteiger partial charge in [-0.1, -0.05) is 49.9 Å². The molecule has 210 valence electrons. The molecular weight excluding hydrogens is 480 g/mol. The lowest BCUT2D eigenvalue weighted by Crippen LogP contribution is -2.46. The number of aliphatic imine (C=N–C) groups is 2. The van der Waals surface area contributed by atoms with E-state index in [-0.39, 0.29) is 36.4 Å². The Morgan fingerprint density at radius 2 is 1.08 bits per heavy atom. The van der Waals surface area contributed by atoms with Crippen molar-refractivity contribution in [2.24, 2.45) is 9.98 Å². The van der Waals surface area contributed by atoms with E-state index >= 15 is 0 Å². The van der Waals surface area contributed by atoms with E-state index in [1.165, 1.54) is 0 Å². The van der Waals surface area contributed by atoms with Crippen LogP contribution in [-0.4, -0.2) is 60.0 Å². The fourth-order valence-electron chi connectivity index (χ4n) is 4.93. The minimum atomic E-state index is -0.532. The van der Waals surface area contributed by atoms with Crippen LogP contribution in [0.4, 0.5) is 9.59 Å². The highest BCUT2D eigenvalue weighted by Gasteiger charge is 2.29. The van der Waals surface area contributed by atoms with Crippen LogP contribution in [0.15, 0.2) is 34.3 Å². The third-order valence-corrected chi connectivity index (χ3v) is 6.67. The molecular formula is C30H46N4O4. The summed E-state index contributed by atoms with van der Waals surface area (Å²) >= 11 is 0. The Hall–Kier alpha value is -2.90. The molecule has 8 heteroatoms. The monoisotopic (exact) mass is 526 g/mol. The zero-order chi connectivity index (χ0) is 27.8. The van der Waals surface area contributed by atoms with Gasteiger partial charge in [-0.25, -0.2) is 9.59 Å². The second-order valence-electron chi connectivity index (χ2n) is 12.4. The number of ether oxygens (including phenoxy) is 2. The first-order chi connectivity index (χ1) is 17.9. The molecule has 1 aromatic rings. The smallest absolute Gasteiger partial charge is 0.407 e. The molecule has 2 aliphatic rings. The van der Waals surface area contributed by atoms with Crippen LogP contribution in [0.3, 0.4) is 0 Å². The summed E-state index contributed by atoms with van der Waals surface area (Å²) in [6, 6.07) is 7.95. The minimum absolute atomic E-state index is 0.00187. The largest absolute Gasteiger partial charge is 0.444 e. The van der Waals surface area contributed by atoms with Crippen LogP contribution in [0.25, 0.3) is 0 Å². The number of hydrogen-bond acceptors (Lipinski definition) is 6. The van der Waals surface area contributed by atoms with Crippen molar-refractivity contribution in [1.29, 1.82) is 0 Å². The molecule has 4 atom stereocenters. The summed E-state index contributed by atoms with van der Waals surface area (Å²) in [5.74, 6) is 0. The van der Waals surface area contributed by atoms with Gasteiger partial charge < -0.3 is 20.1 Å². The molecule has 1 aromatic carbocycles. The third-order valence-electron chi connectivity index (χ3n) is 6.67. The van der Waals surface area contributed by atoms with Crippen molar-refractivity contribution in [1.82, 2.24) is 10.6 Å². The number of nitrogens with zero attached hydrogens (tertiary/aromatic N) is 2. The van der Waals surface area contributed by atoms with E-state index in [1.807, 2.05) is 78.2 Å². The van der Waals surface area contributed by atoms with E-state index in [4.69, 9.17) is 19.5 Å². The number of alkyl carbamates (subject to hydrolysis) is 2. The Balaban J connectivity index is 1.68. The molecule has 0 heterocycles. The number of benzene rings is 1. The number of nitrogens with one attached hydrogen (secondary N) is 2. The Labute approximate surface area is 228 Å². The highest BCUT2D eigenvalue weighted by molar-refractivity contribution is 5.94. The summed E-state index contributed by atoms with van der Waals surface area (Å²) in [5.41, 5.74) is 0.890. The van der Waals surface area contributed by atoms with Crippen molar-refractivity contribution >= 4 is 24.6 Å². The number of carbonyl (C=O) groups excluding carboxylic acids is 2. The first-order valence-corrected chi connectivity index (χ1v) is 14.0. The Kier molecular flexibility index (Phi) is 10.3. The summed E-state index contributed by atoms with van der Waals surface area (Å²) in [6.45, 7) is 11.2. The molecule has 2 N–H and O–H groups in total. The van der Waals surface area contributed by atoms with Gasteiger partial charge in [0.1, 0.15) is 11.2 Å². The second-order valence-corrected chi connectivity index (χ2v) is 12.4. The van der Waals surface area contributed by atoms with Crippen LogP contribution in [-0.2, 0) is 9.47 Å². The maximum atomic E-state index is 12.4. The molecule has 3 rings (SSSR count). The summed E-state index contributed by atoms with van der Waals surface area (Å²) in [6.07, 6.45) is 11.0. The quantitative estimate of drug-likeness (QED) is 0.431. The molecule has 0 radical (unpaired) electrons. The summed E-state index contributed by atoms with van der Waals surface area (Å²) in [7, 11) is 0. The van der Waals surface area contributed by atoms with Gasteiger partial charge in [-0.2, -0.15) is 0 Å². The zero-order valence-corrected chi connectivity index (χ0v) is 24.0. The summed E-state index contributed by atoms with van der Waals surface area (Å²) < 4.78 is 10.9. The first kappa shape index (κ1) is 29.7. The van der Waals surface area contributed by atoms with Gasteiger partial charge in [0, 0.05) is 23.6 Å². The van der Waals surface area contributed by atoms with Gasteiger partial charge in [0.15, 0.2) is 0 Å². The zero-order valence-electron chi connectivity index (χ0n) is 24.0. The van der Waals surface area contributed by atoms with Crippen molar-refractivity contribution in [2.75, 3.05) is 0 Å². The average Bonchev–Trinajstić information content (AvgIpc) is 2.81. The lowest BCUT2D eigenvalue weighted by molar-refractivity contribution is 0.0475. The maximum Gasteiger partial charge on any atom is 0.407 e. The van der Waals surface area contributed by atoms with Crippen molar-refractivity contribution in [2.45, 2.75) is 128 Å². The van der Waals surface area contributed by atoms with Crippen molar-refractivity contribution in [3.63, 3.8) is 0 Å². The van der Waals surface area contributed by atoms with Gasteiger partial charge in [-0.15, -0.1) is 0 Å². The van der Waals surface area contributed by atoms with E-state index in [9.17, 15) is 9.59 Å². The van der Waals surface area contributed by atoms with Gasteiger partial charge in [0.25, 0.3) is 0 Å². The third kappa shape index (κ3) is 10.1. The lowest BCUT2D eigenvalue weighted by atomic mass is 9.90. The van der Waals surface area contributed by atoms with E-state index in [0.717, 1.165) is 62.5 Å². The van der Waals surface area contributed by atoms with Gasteiger partial charge in [-0.05, 0) is 67.2 Å². The van der Waals surface area contributed by atoms with Gasteiger partial charge >= 0.3 is 12.2 Å². The standard InChI is InChI=1S/C30H46N4O4/c1-29(2,3)37-27(35)33-25-17-11-9-15-23(25)31-19-21-13-7-8-14-22(21)20-32-24-16-10-12-18-26(24)34-28(36)38-30(4,5)6/h7-8,13-14,19-20,23-26H,9-12,15-18H2,1-6H3,(H,33,35)(H,34,36)/t23-,24-,25-,26-/m1/s1. The molecule has 38 heavy (non-hydrogen) atoms. The number of rotatable bonds is 6. The van der Waals surface area contributed by atoms with Crippen molar-refractivity contribution in [3.8, 4) is 0 Å². The predicted molar refractivity (Wildman–Crippen MR) is 152 cm³/mol. The molecule has 0 aromatic heterocycles. The number of carbonyl (C=O) groups is 2. The summed E-state index contributed by atoms with van der Waals surface area (Å²) in [5, 5.41) is 6.07.